The molecule has 1 saturated carbocycles. The van der Waals surface area contributed by atoms with E-state index in [2.05, 4.69) is 5.32 Å². The molecule has 1 aliphatic carbocycles. The summed E-state index contributed by atoms with van der Waals surface area (Å²) in [5, 5.41) is 2.95. The second-order valence-corrected chi connectivity index (χ2v) is 5.35. The molecule has 1 aromatic carbocycles. The van der Waals surface area contributed by atoms with E-state index in [4.69, 9.17) is 18.0 Å². The molecule has 2 unspecified atom stereocenters. The monoisotopic (exact) mass is 262 g/mol. The lowest BCUT2D eigenvalue weighted by atomic mass is 10.0. The van der Waals surface area contributed by atoms with Crippen molar-refractivity contribution in [1.29, 1.82) is 0 Å². The van der Waals surface area contributed by atoms with Crippen molar-refractivity contribution < 1.29 is 4.79 Å². The van der Waals surface area contributed by atoms with Crippen molar-refractivity contribution in [3.8, 4) is 0 Å². The van der Waals surface area contributed by atoms with Gasteiger partial charge in [-0.25, -0.2) is 0 Å². The van der Waals surface area contributed by atoms with E-state index in [0.717, 1.165) is 18.4 Å². The van der Waals surface area contributed by atoms with Gasteiger partial charge in [0.1, 0.15) is 11.0 Å². The molecule has 0 saturated heterocycles. The first-order valence-corrected chi connectivity index (χ1v) is 6.65. The van der Waals surface area contributed by atoms with Crippen LogP contribution in [0.5, 0.6) is 0 Å². The fourth-order valence-corrected chi connectivity index (χ4v) is 2.24. The second kappa shape index (κ2) is 5.48. The third kappa shape index (κ3) is 3.07. The molecule has 1 amide bonds. The van der Waals surface area contributed by atoms with E-state index in [9.17, 15) is 4.79 Å². The first kappa shape index (κ1) is 13.0. The average molecular weight is 262 g/mol. The van der Waals surface area contributed by atoms with Gasteiger partial charge in [-0.3, -0.25) is 4.79 Å². The van der Waals surface area contributed by atoms with Crippen molar-refractivity contribution in [2.75, 3.05) is 0 Å². The maximum Gasteiger partial charge on any atom is 0.223 e. The van der Waals surface area contributed by atoms with E-state index < -0.39 is 0 Å². The molecule has 3 nitrogen and oxygen atoms in total. The van der Waals surface area contributed by atoms with E-state index in [1.165, 1.54) is 0 Å². The summed E-state index contributed by atoms with van der Waals surface area (Å²) in [6, 6.07) is 9.23. The summed E-state index contributed by atoms with van der Waals surface area (Å²) >= 11 is 5.05. The predicted molar refractivity (Wildman–Crippen MR) is 76.0 cm³/mol. The quantitative estimate of drug-likeness (QED) is 0.800. The largest absolute Gasteiger partial charge is 0.391 e. The Hall–Kier alpha value is -1.42. The van der Waals surface area contributed by atoms with Crippen molar-refractivity contribution in [3.05, 3.63) is 35.9 Å². The first-order chi connectivity index (χ1) is 8.59. The summed E-state index contributed by atoms with van der Waals surface area (Å²) in [5.41, 5.74) is 6.66. The Morgan fingerprint density at radius 3 is 2.50 bits per heavy atom. The number of rotatable bonds is 5. The molecular formula is C14H18N2OS. The Labute approximate surface area is 113 Å². The molecule has 1 aliphatic rings. The van der Waals surface area contributed by atoms with Gasteiger partial charge in [0.2, 0.25) is 5.91 Å². The summed E-state index contributed by atoms with van der Waals surface area (Å²) in [5.74, 6) is 0.623. The van der Waals surface area contributed by atoms with Crippen LogP contribution in [0, 0.1) is 11.8 Å². The van der Waals surface area contributed by atoms with Crippen molar-refractivity contribution >= 4 is 23.1 Å². The lowest BCUT2D eigenvalue weighted by molar-refractivity contribution is -0.125. The number of hydrogen-bond donors (Lipinski definition) is 2. The van der Waals surface area contributed by atoms with Gasteiger partial charge in [0.25, 0.3) is 0 Å². The fourth-order valence-electron chi connectivity index (χ4n) is 2.05. The van der Waals surface area contributed by atoms with Gasteiger partial charge < -0.3 is 11.1 Å². The smallest absolute Gasteiger partial charge is 0.223 e. The highest BCUT2D eigenvalue weighted by atomic mass is 32.1. The zero-order valence-corrected chi connectivity index (χ0v) is 11.2. The molecule has 3 N–H and O–H groups in total. The van der Waals surface area contributed by atoms with Gasteiger partial charge in [0.15, 0.2) is 0 Å². The van der Waals surface area contributed by atoms with Crippen LogP contribution < -0.4 is 11.1 Å². The molecule has 18 heavy (non-hydrogen) atoms. The van der Waals surface area contributed by atoms with Crippen molar-refractivity contribution in [2.24, 2.45) is 17.6 Å². The average Bonchev–Trinajstić information content (AvgIpc) is 3.19. The second-order valence-electron chi connectivity index (χ2n) is 4.88. The Kier molecular flexibility index (Phi) is 3.97. The molecule has 0 bridgehead atoms. The number of amides is 1. The highest BCUT2D eigenvalue weighted by Crippen LogP contribution is 2.36. The van der Waals surface area contributed by atoms with Crippen molar-refractivity contribution in [1.82, 2.24) is 5.32 Å². The minimum absolute atomic E-state index is 0.0409. The topological polar surface area (TPSA) is 55.1 Å². The highest BCUT2D eigenvalue weighted by molar-refractivity contribution is 7.80. The molecule has 0 radical (unpaired) electrons. The zero-order chi connectivity index (χ0) is 13.1. The zero-order valence-electron chi connectivity index (χ0n) is 10.4. The third-order valence-electron chi connectivity index (χ3n) is 3.45. The van der Waals surface area contributed by atoms with Crippen LogP contribution in [0.2, 0.25) is 0 Å². The minimum atomic E-state index is -0.366. The number of carbonyl (C=O) groups is 1. The van der Waals surface area contributed by atoms with Crippen LogP contribution in [0.25, 0.3) is 0 Å². The molecule has 0 spiro atoms. The van der Waals surface area contributed by atoms with Gasteiger partial charge >= 0.3 is 0 Å². The van der Waals surface area contributed by atoms with Crippen LogP contribution >= 0.6 is 12.2 Å². The Bertz CT molecular complexity index is 442. The standard InChI is InChI=1S/C14H18N2OS/c1-9(10-7-8-10)14(17)16-12(13(15)18)11-5-3-2-4-6-11/h2-6,9-10,12H,7-8H2,1H3,(H2,15,18)(H,16,17). The molecule has 0 aromatic heterocycles. The number of nitrogens with two attached hydrogens (primary N) is 1. The lowest BCUT2D eigenvalue weighted by Crippen LogP contribution is -2.39. The van der Waals surface area contributed by atoms with Gasteiger partial charge in [0.05, 0.1) is 0 Å². The van der Waals surface area contributed by atoms with Crippen LogP contribution in [-0.2, 0) is 4.79 Å². The van der Waals surface area contributed by atoms with Crippen LogP contribution in [0.3, 0.4) is 0 Å². The minimum Gasteiger partial charge on any atom is -0.391 e. The van der Waals surface area contributed by atoms with E-state index in [0.29, 0.717) is 10.9 Å². The normalized spacial score (nSPS) is 17.8. The molecule has 1 fully saturated rings. The summed E-state index contributed by atoms with van der Waals surface area (Å²) < 4.78 is 0. The van der Waals surface area contributed by atoms with Gasteiger partial charge in [-0.2, -0.15) is 0 Å². The van der Waals surface area contributed by atoms with E-state index in [1.807, 2.05) is 37.3 Å². The number of thiocarbonyl (C=S) groups is 1. The van der Waals surface area contributed by atoms with Gasteiger partial charge in [-0.05, 0) is 24.3 Å². The number of benzene rings is 1. The summed E-state index contributed by atoms with van der Waals surface area (Å²) in [7, 11) is 0. The van der Waals surface area contributed by atoms with Crippen LogP contribution in [0.15, 0.2) is 30.3 Å². The molecule has 0 heterocycles. The van der Waals surface area contributed by atoms with Crippen molar-refractivity contribution in [3.63, 3.8) is 0 Å². The van der Waals surface area contributed by atoms with E-state index >= 15 is 0 Å². The molecular weight excluding hydrogens is 244 g/mol. The van der Waals surface area contributed by atoms with Gasteiger partial charge in [-0.1, -0.05) is 49.5 Å². The Morgan fingerprint density at radius 1 is 1.39 bits per heavy atom. The maximum absolute atomic E-state index is 12.1. The fraction of sp³-hybridized carbons (Fsp3) is 0.429. The molecule has 2 rings (SSSR count). The van der Waals surface area contributed by atoms with Crippen LogP contribution in [-0.4, -0.2) is 10.9 Å². The van der Waals surface area contributed by atoms with Crippen LogP contribution in [0.4, 0.5) is 0 Å². The summed E-state index contributed by atoms with van der Waals surface area (Å²) in [6.45, 7) is 1.97. The number of nitrogens with one attached hydrogen (secondary N) is 1. The van der Waals surface area contributed by atoms with E-state index in [1.54, 1.807) is 0 Å². The van der Waals surface area contributed by atoms with E-state index in [-0.39, 0.29) is 17.9 Å². The molecule has 2 atom stereocenters. The highest BCUT2D eigenvalue weighted by Gasteiger charge is 2.33. The molecule has 4 heteroatoms. The number of carbonyl (C=O) groups excluding carboxylic acids is 1. The Balaban J connectivity index is 2.07. The lowest BCUT2D eigenvalue weighted by Gasteiger charge is -2.20. The summed E-state index contributed by atoms with van der Waals surface area (Å²) in [4.78, 5) is 12.4. The number of hydrogen-bond acceptors (Lipinski definition) is 2. The van der Waals surface area contributed by atoms with Crippen LogP contribution in [0.1, 0.15) is 31.4 Å². The molecule has 1 aromatic rings. The van der Waals surface area contributed by atoms with Gasteiger partial charge in [-0.15, -0.1) is 0 Å². The third-order valence-corrected chi connectivity index (χ3v) is 3.68. The molecule has 0 aliphatic heterocycles. The maximum atomic E-state index is 12.1. The predicted octanol–water partition coefficient (Wildman–Crippen LogP) is 2.18. The SMILES string of the molecule is CC(C(=O)NC(C(N)=S)c1ccccc1)C1CC1. The van der Waals surface area contributed by atoms with Gasteiger partial charge in [0, 0.05) is 5.92 Å². The Morgan fingerprint density at radius 2 is 2.00 bits per heavy atom. The first-order valence-electron chi connectivity index (χ1n) is 6.24. The summed E-state index contributed by atoms with van der Waals surface area (Å²) in [6.07, 6.45) is 2.30. The molecule has 96 valence electrons. The van der Waals surface area contributed by atoms with Crippen molar-refractivity contribution in [2.45, 2.75) is 25.8 Å².